The number of hydrogen-bond donors (Lipinski definition) is 1. The van der Waals surface area contributed by atoms with Crippen molar-refractivity contribution in [2.75, 3.05) is 5.32 Å². The Kier molecular flexibility index (Phi) is 5.13. The third kappa shape index (κ3) is 4.24. The van der Waals surface area contributed by atoms with Crippen molar-refractivity contribution in [2.24, 2.45) is 0 Å². The Morgan fingerprint density at radius 1 is 1.36 bits per heavy atom. The number of amides is 1. The fourth-order valence-corrected chi connectivity index (χ4v) is 2.83. The van der Waals surface area contributed by atoms with Crippen LogP contribution in [0.1, 0.15) is 23.9 Å². The topological polar surface area (TPSA) is 98.7 Å². The first-order valence-electron chi connectivity index (χ1n) is 7.71. The molecular formula is C16H18N6O2S. The average molecular weight is 358 g/mol. The molecule has 25 heavy (non-hydrogen) atoms. The molecule has 1 atom stereocenters. The second-order valence-electron chi connectivity index (χ2n) is 5.55. The van der Waals surface area contributed by atoms with Gasteiger partial charge >= 0.3 is 0 Å². The molecule has 9 heteroatoms. The molecule has 1 unspecified atom stereocenters. The van der Waals surface area contributed by atoms with E-state index in [0.717, 1.165) is 16.8 Å². The SMILES string of the molecule is Cc1cccc(NC(=O)C(C)Sc2nnc(Cn3cncn3)o2)c1C. The minimum Gasteiger partial charge on any atom is -0.414 e. The molecule has 0 bridgehead atoms. The summed E-state index contributed by atoms with van der Waals surface area (Å²) >= 11 is 1.22. The molecule has 0 spiro atoms. The van der Waals surface area contributed by atoms with Crippen molar-refractivity contribution >= 4 is 23.4 Å². The van der Waals surface area contributed by atoms with E-state index >= 15 is 0 Å². The van der Waals surface area contributed by atoms with Gasteiger partial charge in [0.15, 0.2) is 0 Å². The monoisotopic (exact) mass is 358 g/mol. The lowest BCUT2D eigenvalue weighted by Crippen LogP contribution is -2.23. The van der Waals surface area contributed by atoms with Crippen molar-refractivity contribution in [3.8, 4) is 0 Å². The number of benzene rings is 1. The summed E-state index contributed by atoms with van der Waals surface area (Å²) in [5, 5.41) is 14.8. The molecule has 3 aromatic rings. The average Bonchev–Trinajstić information content (AvgIpc) is 3.24. The zero-order chi connectivity index (χ0) is 17.8. The van der Waals surface area contributed by atoms with E-state index in [0.29, 0.717) is 17.7 Å². The molecule has 0 aliphatic rings. The Bertz CT molecular complexity index is 861. The van der Waals surface area contributed by atoms with Gasteiger partial charge in [-0.3, -0.25) is 4.79 Å². The first kappa shape index (κ1) is 17.2. The van der Waals surface area contributed by atoms with E-state index < -0.39 is 0 Å². The van der Waals surface area contributed by atoms with Crippen LogP contribution in [-0.2, 0) is 11.3 Å². The first-order chi connectivity index (χ1) is 12.0. The van der Waals surface area contributed by atoms with E-state index in [2.05, 4.69) is 25.6 Å². The highest BCUT2D eigenvalue weighted by atomic mass is 32.2. The standard InChI is InChI=1S/C16H18N6O2S/c1-10-5-4-6-13(11(10)2)19-15(23)12(3)25-16-21-20-14(24-16)7-22-9-17-8-18-22/h4-6,8-9,12H,7H2,1-3H3,(H,19,23). The number of carbonyl (C=O) groups is 1. The Hall–Kier alpha value is -2.68. The van der Waals surface area contributed by atoms with Gasteiger partial charge in [0.25, 0.3) is 5.22 Å². The second-order valence-corrected chi connectivity index (χ2v) is 6.84. The highest BCUT2D eigenvalue weighted by molar-refractivity contribution is 8.00. The minimum absolute atomic E-state index is 0.116. The summed E-state index contributed by atoms with van der Waals surface area (Å²) in [6.45, 7) is 6.14. The van der Waals surface area contributed by atoms with Crippen LogP contribution in [0.3, 0.4) is 0 Å². The van der Waals surface area contributed by atoms with Crippen molar-refractivity contribution in [3.05, 3.63) is 47.9 Å². The number of aromatic nitrogens is 5. The van der Waals surface area contributed by atoms with Crippen molar-refractivity contribution in [3.63, 3.8) is 0 Å². The van der Waals surface area contributed by atoms with E-state index in [1.165, 1.54) is 18.1 Å². The number of anilines is 1. The maximum absolute atomic E-state index is 12.4. The number of nitrogens with zero attached hydrogens (tertiary/aromatic N) is 5. The smallest absolute Gasteiger partial charge is 0.277 e. The normalized spacial score (nSPS) is 12.1. The van der Waals surface area contributed by atoms with Crippen LogP contribution in [0.4, 0.5) is 5.69 Å². The van der Waals surface area contributed by atoms with Crippen molar-refractivity contribution in [2.45, 2.75) is 37.8 Å². The van der Waals surface area contributed by atoms with Gasteiger partial charge in [-0.1, -0.05) is 23.9 Å². The van der Waals surface area contributed by atoms with Crippen molar-refractivity contribution in [1.82, 2.24) is 25.0 Å². The number of rotatable bonds is 6. The third-order valence-corrected chi connectivity index (χ3v) is 4.66. The number of carbonyl (C=O) groups excluding carboxylic acids is 1. The quantitative estimate of drug-likeness (QED) is 0.676. The van der Waals surface area contributed by atoms with Gasteiger partial charge in [-0.15, -0.1) is 10.2 Å². The van der Waals surface area contributed by atoms with Gasteiger partial charge < -0.3 is 9.73 Å². The van der Waals surface area contributed by atoms with Crippen molar-refractivity contribution < 1.29 is 9.21 Å². The molecule has 0 aliphatic carbocycles. The number of thioether (sulfide) groups is 1. The summed E-state index contributed by atoms with van der Waals surface area (Å²) in [5.41, 5.74) is 3.00. The lowest BCUT2D eigenvalue weighted by Gasteiger charge is -2.13. The zero-order valence-corrected chi connectivity index (χ0v) is 14.9. The lowest BCUT2D eigenvalue weighted by molar-refractivity contribution is -0.115. The van der Waals surface area contributed by atoms with E-state index in [9.17, 15) is 4.79 Å². The second kappa shape index (κ2) is 7.47. The lowest BCUT2D eigenvalue weighted by atomic mass is 10.1. The summed E-state index contributed by atoms with van der Waals surface area (Å²) in [7, 11) is 0. The van der Waals surface area contributed by atoms with E-state index in [-0.39, 0.29) is 11.2 Å². The molecule has 2 heterocycles. The molecule has 0 radical (unpaired) electrons. The fourth-order valence-electron chi connectivity index (χ4n) is 2.13. The molecule has 2 aromatic heterocycles. The highest BCUT2D eigenvalue weighted by Crippen LogP contribution is 2.24. The number of nitrogens with one attached hydrogen (secondary N) is 1. The van der Waals surface area contributed by atoms with Gasteiger partial charge in [-0.25, -0.2) is 9.67 Å². The van der Waals surface area contributed by atoms with Gasteiger partial charge in [-0.2, -0.15) is 5.10 Å². The van der Waals surface area contributed by atoms with Crippen molar-refractivity contribution in [1.29, 1.82) is 0 Å². The summed E-state index contributed by atoms with van der Waals surface area (Å²) in [6.07, 6.45) is 3.00. The molecule has 3 rings (SSSR count). The summed E-state index contributed by atoms with van der Waals surface area (Å²) in [5.74, 6) is 0.296. The fraction of sp³-hybridized carbons (Fsp3) is 0.312. The van der Waals surface area contributed by atoms with Crippen LogP contribution < -0.4 is 5.32 Å². The Balaban J connectivity index is 1.60. The Morgan fingerprint density at radius 2 is 2.20 bits per heavy atom. The predicted octanol–water partition coefficient (Wildman–Crippen LogP) is 2.45. The summed E-state index contributed by atoms with van der Waals surface area (Å²) < 4.78 is 7.12. The largest absolute Gasteiger partial charge is 0.414 e. The number of aryl methyl sites for hydroxylation is 1. The third-order valence-electron chi connectivity index (χ3n) is 3.72. The predicted molar refractivity (Wildman–Crippen MR) is 93.3 cm³/mol. The van der Waals surface area contributed by atoms with Gasteiger partial charge in [0.05, 0.1) is 5.25 Å². The molecule has 0 aliphatic heterocycles. The number of hydrogen-bond acceptors (Lipinski definition) is 7. The summed E-state index contributed by atoms with van der Waals surface area (Å²) in [6, 6.07) is 5.82. The van der Waals surface area contributed by atoms with Crippen LogP contribution >= 0.6 is 11.8 Å². The minimum atomic E-state index is -0.375. The summed E-state index contributed by atoms with van der Waals surface area (Å²) in [4.78, 5) is 16.3. The van der Waals surface area contributed by atoms with Gasteiger partial charge in [-0.05, 0) is 38.0 Å². The van der Waals surface area contributed by atoms with E-state index in [1.807, 2.05) is 32.0 Å². The first-order valence-corrected chi connectivity index (χ1v) is 8.59. The van der Waals surface area contributed by atoms with Crippen LogP contribution in [-0.4, -0.2) is 36.1 Å². The molecule has 8 nitrogen and oxygen atoms in total. The highest BCUT2D eigenvalue weighted by Gasteiger charge is 2.19. The van der Waals surface area contributed by atoms with E-state index in [1.54, 1.807) is 17.9 Å². The Morgan fingerprint density at radius 3 is 2.96 bits per heavy atom. The van der Waals surface area contributed by atoms with Gasteiger partial charge in [0.2, 0.25) is 11.8 Å². The molecule has 0 saturated heterocycles. The zero-order valence-electron chi connectivity index (χ0n) is 14.1. The van der Waals surface area contributed by atoms with Crippen LogP contribution in [0.2, 0.25) is 0 Å². The van der Waals surface area contributed by atoms with E-state index in [4.69, 9.17) is 4.42 Å². The van der Waals surface area contributed by atoms with Crippen LogP contribution in [0.15, 0.2) is 40.5 Å². The molecule has 1 N–H and O–H groups in total. The Labute approximate surface area is 149 Å². The molecule has 1 amide bonds. The molecule has 1 aromatic carbocycles. The van der Waals surface area contributed by atoms with Crippen LogP contribution in [0.25, 0.3) is 0 Å². The van der Waals surface area contributed by atoms with Crippen LogP contribution in [0, 0.1) is 13.8 Å². The van der Waals surface area contributed by atoms with Gasteiger partial charge in [0.1, 0.15) is 19.2 Å². The van der Waals surface area contributed by atoms with Gasteiger partial charge in [0, 0.05) is 5.69 Å². The molecule has 0 fully saturated rings. The molecule has 130 valence electrons. The molecule has 0 saturated carbocycles. The molecular weight excluding hydrogens is 340 g/mol. The maximum atomic E-state index is 12.4. The maximum Gasteiger partial charge on any atom is 0.277 e. The van der Waals surface area contributed by atoms with Crippen LogP contribution in [0.5, 0.6) is 0 Å².